The Labute approximate surface area is 106 Å². The molecule has 1 aromatic heterocycles. The summed E-state index contributed by atoms with van der Waals surface area (Å²) >= 11 is 0. The lowest BCUT2D eigenvalue weighted by Gasteiger charge is -2.08. The van der Waals surface area contributed by atoms with Crippen LogP contribution in [0.3, 0.4) is 0 Å². The van der Waals surface area contributed by atoms with E-state index in [-0.39, 0.29) is 12.4 Å². The maximum absolute atomic E-state index is 5.53. The van der Waals surface area contributed by atoms with Crippen molar-refractivity contribution in [1.82, 2.24) is 10.3 Å². The number of halogens is 1. The second kappa shape index (κ2) is 5.38. The van der Waals surface area contributed by atoms with Crippen LogP contribution in [-0.2, 0) is 0 Å². The number of para-hydroxylation sites is 2. The first-order valence-corrected chi connectivity index (χ1v) is 5.63. The molecule has 0 spiro atoms. The van der Waals surface area contributed by atoms with Crippen LogP contribution in [0.4, 0.5) is 0 Å². The fourth-order valence-electron chi connectivity index (χ4n) is 1.98. The Hall–Kier alpha value is -1.26. The summed E-state index contributed by atoms with van der Waals surface area (Å²) in [5.74, 6) is 0. The van der Waals surface area contributed by atoms with E-state index < -0.39 is 0 Å². The summed E-state index contributed by atoms with van der Waals surface area (Å²) in [6.07, 6.45) is 2.76. The van der Waals surface area contributed by atoms with Crippen molar-refractivity contribution in [2.24, 2.45) is 0 Å². The van der Waals surface area contributed by atoms with Crippen molar-refractivity contribution < 1.29 is 9.15 Å². The minimum absolute atomic E-state index is 0. The van der Waals surface area contributed by atoms with Crippen LogP contribution in [0.1, 0.15) is 12.8 Å². The van der Waals surface area contributed by atoms with Crippen LogP contribution in [0, 0.1) is 0 Å². The molecule has 2 heterocycles. The van der Waals surface area contributed by atoms with Crippen molar-refractivity contribution in [1.29, 1.82) is 0 Å². The van der Waals surface area contributed by atoms with Gasteiger partial charge in [0.1, 0.15) is 12.1 Å². The number of fused-ring (bicyclic) bond motifs is 1. The Morgan fingerprint density at radius 3 is 3.06 bits per heavy atom. The molecule has 2 aromatic rings. The average molecular weight is 255 g/mol. The molecule has 1 saturated heterocycles. The SMILES string of the molecule is Cl.c1ccc2oc(OCC3CCCN3)nc2c1. The van der Waals surface area contributed by atoms with Gasteiger partial charge in [0.25, 0.3) is 0 Å². The van der Waals surface area contributed by atoms with Gasteiger partial charge in [-0.1, -0.05) is 12.1 Å². The van der Waals surface area contributed by atoms with Gasteiger partial charge in [-0.2, -0.15) is 4.98 Å². The van der Waals surface area contributed by atoms with Crippen molar-refractivity contribution in [3.05, 3.63) is 24.3 Å². The van der Waals surface area contributed by atoms with Crippen LogP contribution in [0.15, 0.2) is 28.7 Å². The van der Waals surface area contributed by atoms with E-state index in [1.165, 1.54) is 12.8 Å². The second-order valence-corrected chi connectivity index (χ2v) is 4.05. The topological polar surface area (TPSA) is 47.3 Å². The molecule has 0 bridgehead atoms. The van der Waals surface area contributed by atoms with E-state index in [0.29, 0.717) is 18.7 Å². The first-order chi connectivity index (χ1) is 7.92. The lowest BCUT2D eigenvalue weighted by Crippen LogP contribution is -2.28. The molecule has 1 aliphatic rings. The van der Waals surface area contributed by atoms with E-state index in [1.807, 2.05) is 24.3 Å². The summed E-state index contributed by atoms with van der Waals surface area (Å²) in [5, 5.41) is 3.37. The molecule has 1 aliphatic heterocycles. The normalized spacial score (nSPS) is 19.2. The van der Waals surface area contributed by atoms with E-state index >= 15 is 0 Å². The summed E-state index contributed by atoms with van der Waals surface area (Å²) in [4.78, 5) is 4.26. The van der Waals surface area contributed by atoms with Crippen molar-refractivity contribution in [3.8, 4) is 6.08 Å². The van der Waals surface area contributed by atoms with Crippen LogP contribution in [0.5, 0.6) is 6.08 Å². The summed E-state index contributed by atoms with van der Waals surface area (Å²) < 4.78 is 11.0. The molecular formula is C12H15ClN2O2. The van der Waals surface area contributed by atoms with Gasteiger partial charge in [-0.25, -0.2) is 0 Å². The molecule has 0 radical (unpaired) electrons. The summed E-state index contributed by atoms with van der Waals surface area (Å²) in [6.45, 7) is 1.72. The van der Waals surface area contributed by atoms with Crippen LogP contribution < -0.4 is 10.1 Å². The number of hydrogen-bond donors (Lipinski definition) is 1. The first kappa shape index (κ1) is 12.2. The molecule has 0 amide bonds. The summed E-state index contributed by atoms with van der Waals surface area (Å²) in [7, 11) is 0. The number of oxazole rings is 1. The number of ether oxygens (including phenoxy) is 1. The average Bonchev–Trinajstić information content (AvgIpc) is 2.95. The van der Waals surface area contributed by atoms with Gasteiger partial charge in [-0.3, -0.25) is 0 Å². The number of hydrogen-bond acceptors (Lipinski definition) is 4. The van der Waals surface area contributed by atoms with Gasteiger partial charge in [0.15, 0.2) is 5.58 Å². The maximum atomic E-state index is 5.53. The largest absolute Gasteiger partial charge is 0.449 e. The standard InChI is InChI=1S/C12H14N2O2.ClH/c1-2-6-11-10(5-1)14-12(16-11)15-8-9-4-3-7-13-9;/h1-2,5-6,9,13H,3-4,7-8H2;1H. The highest BCUT2D eigenvalue weighted by Crippen LogP contribution is 2.20. The zero-order valence-corrected chi connectivity index (χ0v) is 10.2. The van der Waals surface area contributed by atoms with Crippen LogP contribution >= 0.6 is 12.4 Å². The zero-order valence-electron chi connectivity index (χ0n) is 9.39. The van der Waals surface area contributed by atoms with Gasteiger partial charge in [0.05, 0.1) is 0 Å². The van der Waals surface area contributed by atoms with Gasteiger partial charge >= 0.3 is 6.08 Å². The molecule has 92 valence electrons. The Kier molecular flexibility index (Phi) is 3.86. The molecule has 1 fully saturated rings. The lowest BCUT2D eigenvalue weighted by atomic mass is 10.2. The molecule has 1 aromatic carbocycles. The number of aromatic nitrogens is 1. The van der Waals surface area contributed by atoms with Crippen molar-refractivity contribution in [3.63, 3.8) is 0 Å². The molecule has 1 N–H and O–H groups in total. The maximum Gasteiger partial charge on any atom is 0.394 e. The molecule has 0 saturated carbocycles. The predicted molar refractivity (Wildman–Crippen MR) is 67.8 cm³/mol. The molecule has 17 heavy (non-hydrogen) atoms. The molecular weight excluding hydrogens is 240 g/mol. The Bertz CT molecular complexity index is 447. The fraction of sp³-hybridized carbons (Fsp3) is 0.417. The minimum atomic E-state index is 0. The smallest absolute Gasteiger partial charge is 0.394 e. The third-order valence-electron chi connectivity index (χ3n) is 2.84. The molecule has 1 unspecified atom stereocenters. The van der Waals surface area contributed by atoms with E-state index in [1.54, 1.807) is 0 Å². The number of benzene rings is 1. The van der Waals surface area contributed by atoms with E-state index in [9.17, 15) is 0 Å². The van der Waals surface area contributed by atoms with Gasteiger partial charge in [-0.05, 0) is 31.5 Å². The zero-order chi connectivity index (χ0) is 10.8. The molecule has 4 nitrogen and oxygen atoms in total. The quantitative estimate of drug-likeness (QED) is 0.914. The highest BCUT2D eigenvalue weighted by molar-refractivity contribution is 5.85. The van der Waals surface area contributed by atoms with E-state index in [2.05, 4.69) is 10.3 Å². The Morgan fingerprint density at radius 1 is 1.41 bits per heavy atom. The van der Waals surface area contributed by atoms with Crippen LogP contribution in [0.2, 0.25) is 0 Å². The third kappa shape index (κ3) is 2.70. The molecule has 1 atom stereocenters. The number of nitrogens with one attached hydrogen (secondary N) is 1. The van der Waals surface area contributed by atoms with Gasteiger partial charge in [-0.15, -0.1) is 12.4 Å². The minimum Gasteiger partial charge on any atom is -0.449 e. The van der Waals surface area contributed by atoms with Crippen molar-refractivity contribution in [2.75, 3.05) is 13.2 Å². The number of nitrogens with zero attached hydrogens (tertiary/aromatic N) is 1. The van der Waals surface area contributed by atoms with Crippen LogP contribution in [0.25, 0.3) is 11.1 Å². The van der Waals surface area contributed by atoms with E-state index in [0.717, 1.165) is 17.6 Å². The van der Waals surface area contributed by atoms with Crippen molar-refractivity contribution >= 4 is 23.5 Å². The predicted octanol–water partition coefficient (Wildman–Crippen LogP) is 2.38. The highest BCUT2D eigenvalue weighted by atomic mass is 35.5. The number of rotatable bonds is 3. The summed E-state index contributed by atoms with van der Waals surface area (Å²) in [5.41, 5.74) is 1.62. The molecule has 0 aliphatic carbocycles. The van der Waals surface area contributed by atoms with E-state index in [4.69, 9.17) is 9.15 Å². The summed E-state index contributed by atoms with van der Waals surface area (Å²) in [6, 6.07) is 8.11. The monoisotopic (exact) mass is 254 g/mol. The van der Waals surface area contributed by atoms with Gasteiger partial charge in [0.2, 0.25) is 0 Å². The van der Waals surface area contributed by atoms with Gasteiger partial charge in [0, 0.05) is 6.04 Å². The molecule has 5 heteroatoms. The van der Waals surface area contributed by atoms with Crippen molar-refractivity contribution in [2.45, 2.75) is 18.9 Å². The fourth-order valence-corrected chi connectivity index (χ4v) is 1.98. The first-order valence-electron chi connectivity index (χ1n) is 5.63. The van der Waals surface area contributed by atoms with Gasteiger partial charge < -0.3 is 14.5 Å². The lowest BCUT2D eigenvalue weighted by molar-refractivity contribution is 0.212. The second-order valence-electron chi connectivity index (χ2n) is 4.05. The Balaban J connectivity index is 0.00000108. The molecule has 3 rings (SSSR count). The van der Waals surface area contributed by atoms with Crippen LogP contribution in [-0.4, -0.2) is 24.2 Å². The highest BCUT2D eigenvalue weighted by Gasteiger charge is 2.15. The third-order valence-corrected chi connectivity index (χ3v) is 2.84. The Morgan fingerprint density at radius 2 is 2.29 bits per heavy atom.